The molecular weight excluding hydrogens is 278 g/mol. The van der Waals surface area contributed by atoms with Crippen molar-refractivity contribution < 1.29 is 13.2 Å². The molecule has 112 valence electrons. The van der Waals surface area contributed by atoms with Crippen molar-refractivity contribution in [2.75, 3.05) is 6.54 Å². The summed E-state index contributed by atoms with van der Waals surface area (Å²) in [6.45, 7) is 1.98. The van der Waals surface area contributed by atoms with Gasteiger partial charge in [0.05, 0.1) is 6.33 Å². The Morgan fingerprint density at radius 1 is 1.40 bits per heavy atom. The smallest absolute Gasteiger partial charge is 0.262 e. The first-order valence-electron chi connectivity index (χ1n) is 6.90. The molecule has 0 amide bonds. The maximum atomic E-state index is 12.7. The zero-order chi connectivity index (χ0) is 14.8. The van der Waals surface area contributed by atoms with Crippen molar-refractivity contribution in [1.82, 2.24) is 13.9 Å². The van der Waals surface area contributed by atoms with E-state index in [0.29, 0.717) is 6.54 Å². The Morgan fingerprint density at radius 2 is 2.15 bits per heavy atom. The van der Waals surface area contributed by atoms with Gasteiger partial charge in [-0.1, -0.05) is 12.8 Å². The average molecular weight is 299 g/mol. The highest BCUT2D eigenvalue weighted by atomic mass is 32.2. The molecule has 0 spiro atoms. The Bertz CT molecular complexity index is 579. The van der Waals surface area contributed by atoms with Gasteiger partial charge in [0.1, 0.15) is 5.78 Å². The molecule has 1 saturated heterocycles. The molecule has 1 atom stereocenters. The molecule has 2 heterocycles. The van der Waals surface area contributed by atoms with Gasteiger partial charge in [-0.2, -0.15) is 4.31 Å². The first kappa shape index (κ1) is 15.2. The molecule has 0 radical (unpaired) electrons. The minimum Gasteiger partial charge on any atom is -0.339 e. The van der Waals surface area contributed by atoms with Gasteiger partial charge in [-0.15, -0.1) is 0 Å². The largest absolute Gasteiger partial charge is 0.339 e. The summed E-state index contributed by atoms with van der Waals surface area (Å²) >= 11 is 0. The van der Waals surface area contributed by atoms with E-state index < -0.39 is 10.0 Å². The lowest BCUT2D eigenvalue weighted by Gasteiger charge is -2.27. The van der Waals surface area contributed by atoms with Crippen LogP contribution in [-0.2, 0) is 21.9 Å². The number of aromatic nitrogens is 2. The van der Waals surface area contributed by atoms with Crippen molar-refractivity contribution in [3.63, 3.8) is 0 Å². The summed E-state index contributed by atoms with van der Waals surface area (Å²) in [5, 5.41) is 0.0652. The lowest BCUT2D eigenvalue weighted by atomic mass is 10.1. The number of rotatable bonds is 4. The molecule has 0 N–H and O–H groups in total. The molecule has 1 unspecified atom stereocenters. The zero-order valence-electron chi connectivity index (χ0n) is 11.9. The summed E-state index contributed by atoms with van der Waals surface area (Å²) in [5.41, 5.74) is 0. The summed E-state index contributed by atoms with van der Waals surface area (Å²) in [5.74, 6) is 0.0260. The van der Waals surface area contributed by atoms with Crippen LogP contribution in [0.5, 0.6) is 0 Å². The van der Waals surface area contributed by atoms with Gasteiger partial charge in [0.2, 0.25) is 0 Å². The number of aryl methyl sites for hydroxylation is 1. The summed E-state index contributed by atoms with van der Waals surface area (Å²) < 4.78 is 28.5. The molecule has 0 aliphatic carbocycles. The summed E-state index contributed by atoms with van der Waals surface area (Å²) in [7, 11) is -1.87. The highest BCUT2D eigenvalue weighted by Gasteiger charge is 2.34. The number of hydrogen-bond acceptors (Lipinski definition) is 4. The molecule has 7 heteroatoms. The third kappa shape index (κ3) is 3.27. The van der Waals surface area contributed by atoms with Gasteiger partial charge in [-0.05, 0) is 19.8 Å². The molecule has 0 saturated carbocycles. The fraction of sp³-hybridized carbons (Fsp3) is 0.692. The molecule has 2 rings (SSSR count). The van der Waals surface area contributed by atoms with Crippen LogP contribution in [0.4, 0.5) is 0 Å². The van der Waals surface area contributed by atoms with Gasteiger partial charge in [-0.25, -0.2) is 13.4 Å². The van der Waals surface area contributed by atoms with Crippen molar-refractivity contribution in [1.29, 1.82) is 0 Å². The molecule has 1 fully saturated rings. The second-order valence-electron chi connectivity index (χ2n) is 5.40. The van der Waals surface area contributed by atoms with E-state index >= 15 is 0 Å². The van der Waals surface area contributed by atoms with E-state index in [0.717, 1.165) is 25.7 Å². The van der Waals surface area contributed by atoms with Crippen LogP contribution in [0, 0.1) is 0 Å². The fourth-order valence-electron chi connectivity index (χ4n) is 2.65. The molecular formula is C13H21N3O3S. The van der Waals surface area contributed by atoms with Gasteiger partial charge in [0, 0.05) is 32.3 Å². The van der Waals surface area contributed by atoms with E-state index in [1.807, 2.05) is 0 Å². The molecule has 0 bridgehead atoms. The Kier molecular flexibility index (Phi) is 4.59. The number of hydrogen-bond donors (Lipinski definition) is 0. The monoisotopic (exact) mass is 299 g/mol. The number of carbonyl (C=O) groups is 1. The van der Waals surface area contributed by atoms with E-state index in [1.165, 1.54) is 23.8 Å². The Balaban J connectivity index is 2.32. The first-order chi connectivity index (χ1) is 9.41. The Hall–Kier alpha value is -1.21. The van der Waals surface area contributed by atoms with Gasteiger partial charge >= 0.3 is 0 Å². The third-order valence-electron chi connectivity index (χ3n) is 3.60. The van der Waals surface area contributed by atoms with E-state index in [2.05, 4.69) is 4.98 Å². The molecule has 20 heavy (non-hydrogen) atoms. The van der Waals surface area contributed by atoms with E-state index in [1.54, 1.807) is 11.6 Å². The number of Topliss-reactive ketones (excluding diaryl/α,β-unsaturated/α-hetero) is 1. The standard InChI is InChI=1S/C13H21N3O3S/c1-11(17)8-12-6-4-3-5-7-16(12)20(18,19)13-9-15(2)10-14-13/h9-10,12H,3-8H2,1-2H3. The number of nitrogens with zero attached hydrogens (tertiary/aromatic N) is 3. The van der Waals surface area contributed by atoms with Crippen LogP contribution < -0.4 is 0 Å². The van der Waals surface area contributed by atoms with Gasteiger partial charge < -0.3 is 4.57 Å². The van der Waals surface area contributed by atoms with Gasteiger partial charge in [-0.3, -0.25) is 4.79 Å². The van der Waals surface area contributed by atoms with E-state index in [9.17, 15) is 13.2 Å². The second kappa shape index (κ2) is 6.05. The van der Waals surface area contributed by atoms with Crippen molar-refractivity contribution in [3.05, 3.63) is 12.5 Å². The SMILES string of the molecule is CC(=O)CC1CCCCCN1S(=O)(=O)c1cn(C)cn1. The minimum absolute atomic E-state index is 0.0260. The number of imidazole rings is 1. The minimum atomic E-state index is -3.61. The van der Waals surface area contributed by atoms with Crippen LogP contribution in [0.15, 0.2) is 17.6 Å². The van der Waals surface area contributed by atoms with Crippen molar-refractivity contribution >= 4 is 15.8 Å². The van der Waals surface area contributed by atoms with Crippen LogP contribution >= 0.6 is 0 Å². The predicted octanol–water partition coefficient (Wildman–Crippen LogP) is 1.33. The summed E-state index contributed by atoms with van der Waals surface area (Å²) in [4.78, 5) is 15.4. The Morgan fingerprint density at radius 3 is 2.75 bits per heavy atom. The van der Waals surface area contributed by atoms with Crippen LogP contribution in [0.2, 0.25) is 0 Å². The molecule has 1 aromatic rings. The number of sulfonamides is 1. The maximum absolute atomic E-state index is 12.7. The predicted molar refractivity (Wildman–Crippen MR) is 74.7 cm³/mol. The molecule has 1 aromatic heterocycles. The maximum Gasteiger partial charge on any atom is 0.262 e. The third-order valence-corrected chi connectivity index (χ3v) is 5.44. The van der Waals surface area contributed by atoms with Gasteiger partial charge in [0.15, 0.2) is 5.03 Å². The van der Waals surface area contributed by atoms with E-state index in [-0.39, 0.29) is 23.3 Å². The normalized spacial score (nSPS) is 21.6. The van der Waals surface area contributed by atoms with Crippen LogP contribution in [0.1, 0.15) is 39.0 Å². The number of carbonyl (C=O) groups excluding carboxylic acids is 1. The molecule has 6 nitrogen and oxygen atoms in total. The quantitative estimate of drug-likeness (QED) is 0.841. The van der Waals surface area contributed by atoms with Crippen molar-refractivity contribution in [2.24, 2.45) is 7.05 Å². The van der Waals surface area contributed by atoms with Gasteiger partial charge in [0.25, 0.3) is 10.0 Å². The molecule has 1 aliphatic heterocycles. The summed E-state index contributed by atoms with van der Waals surface area (Å²) in [6.07, 6.45) is 6.81. The number of ketones is 1. The molecule has 0 aromatic carbocycles. The highest BCUT2D eigenvalue weighted by Crippen LogP contribution is 2.25. The van der Waals surface area contributed by atoms with Crippen LogP contribution in [0.25, 0.3) is 0 Å². The highest BCUT2D eigenvalue weighted by molar-refractivity contribution is 7.89. The topological polar surface area (TPSA) is 72.3 Å². The second-order valence-corrected chi connectivity index (χ2v) is 7.24. The van der Waals surface area contributed by atoms with Crippen molar-refractivity contribution in [2.45, 2.75) is 50.1 Å². The van der Waals surface area contributed by atoms with Crippen LogP contribution in [-0.4, -0.2) is 40.6 Å². The average Bonchev–Trinajstić information content (AvgIpc) is 2.66. The van der Waals surface area contributed by atoms with E-state index in [4.69, 9.17) is 0 Å². The fourth-order valence-corrected chi connectivity index (χ4v) is 4.31. The Labute approximate surface area is 119 Å². The summed E-state index contributed by atoms with van der Waals surface area (Å²) in [6, 6.07) is -0.234. The van der Waals surface area contributed by atoms with Crippen molar-refractivity contribution in [3.8, 4) is 0 Å². The lowest BCUT2D eigenvalue weighted by molar-refractivity contribution is -0.117. The van der Waals surface area contributed by atoms with Crippen LogP contribution in [0.3, 0.4) is 0 Å². The molecule has 1 aliphatic rings. The first-order valence-corrected chi connectivity index (χ1v) is 8.34. The zero-order valence-corrected chi connectivity index (χ0v) is 12.8. The lowest BCUT2D eigenvalue weighted by Crippen LogP contribution is -2.41.